The Labute approximate surface area is 130 Å². The highest BCUT2D eigenvalue weighted by atomic mass is 16.6. The molecule has 0 spiro atoms. The standard InChI is InChI=1S/C16H20N2O4/c1-5-19-13-11(9-17)12(10-18)14(20-6-2)16(22-8-4)15(13)21-7-3/h5-8H2,1-4H3. The average Bonchev–Trinajstić information content (AvgIpc) is 2.52. The van der Waals surface area contributed by atoms with Gasteiger partial charge in [0.1, 0.15) is 23.3 Å². The van der Waals surface area contributed by atoms with Crippen molar-refractivity contribution in [3.05, 3.63) is 11.1 Å². The highest BCUT2D eigenvalue weighted by molar-refractivity contribution is 5.73. The van der Waals surface area contributed by atoms with Crippen LogP contribution in [-0.4, -0.2) is 26.4 Å². The molecule has 0 aromatic heterocycles. The number of hydrogen-bond donors (Lipinski definition) is 0. The summed E-state index contributed by atoms with van der Waals surface area (Å²) < 4.78 is 22.3. The van der Waals surface area contributed by atoms with Gasteiger partial charge in [-0.1, -0.05) is 0 Å². The number of rotatable bonds is 8. The fourth-order valence-corrected chi connectivity index (χ4v) is 1.99. The van der Waals surface area contributed by atoms with Gasteiger partial charge in [0.15, 0.2) is 11.5 Å². The fourth-order valence-electron chi connectivity index (χ4n) is 1.99. The number of hydrogen-bond acceptors (Lipinski definition) is 6. The van der Waals surface area contributed by atoms with E-state index in [-0.39, 0.29) is 22.6 Å². The zero-order chi connectivity index (χ0) is 16.5. The molecule has 0 atom stereocenters. The van der Waals surface area contributed by atoms with Crippen molar-refractivity contribution in [3.63, 3.8) is 0 Å². The lowest BCUT2D eigenvalue weighted by atomic mass is 10.0. The lowest BCUT2D eigenvalue weighted by Gasteiger charge is -2.20. The van der Waals surface area contributed by atoms with Crippen molar-refractivity contribution in [1.29, 1.82) is 10.5 Å². The van der Waals surface area contributed by atoms with Gasteiger partial charge in [-0.05, 0) is 27.7 Å². The molecular formula is C16H20N2O4. The molecule has 1 aromatic carbocycles. The molecule has 6 heteroatoms. The maximum absolute atomic E-state index is 9.43. The Kier molecular flexibility index (Phi) is 6.85. The van der Waals surface area contributed by atoms with E-state index in [0.717, 1.165) is 0 Å². The maximum atomic E-state index is 9.43. The summed E-state index contributed by atoms with van der Waals surface area (Å²) in [6.07, 6.45) is 0. The second-order valence-electron chi connectivity index (χ2n) is 4.02. The van der Waals surface area contributed by atoms with Crippen LogP contribution in [0.15, 0.2) is 0 Å². The molecule has 0 aliphatic rings. The van der Waals surface area contributed by atoms with E-state index in [9.17, 15) is 10.5 Å². The largest absolute Gasteiger partial charge is 0.488 e. The lowest BCUT2D eigenvalue weighted by Crippen LogP contribution is -2.09. The second-order valence-corrected chi connectivity index (χ2v) is 4.02. The number of nitriles is 2. The summed E-state index contributed by atoms with van der Waals surface area (Å²) in [6, 6.07) is 4.01. The summed E-state index contributed by atoms with van der Waals surface area (Å²) >= 11 is 0. The number of ether oxygens (including phenoxy) is 4. The SMILES string of the molecule is CCOc1c(C#N)c(C#N)c(OCC)c(OCC)c1OCC. The first-order chi connectivity index (χ1) is 10.7. The van der Waals surface area contributed by atoms with Gasteiger partial charge in [0.2, 0.25) is 11.5 Å². The van der Waals surface area contributed by atoms with Crippen molar-refractivity contribution in [1.82, 2.24) is 0 Å². The van der Waals surface area contributed by atoms with Crippen molar-refractivity contribution in [2.75, 3.05) is 26.4 Å². The Balaban J connectivity index is 3.80. The molecule has 0 heterocycles. The molecule has 0 saturated carbocycles. The van der Waals surface area contributed by atoms with Crippen molar-refractivity contribution < 1.29 is 18.9 Å². The second kappa shape index (κ2) is 8.63. The predicted octanol–water partition coefficient (Wildman–Crippen LogP) is 3.02. The van der Waals surface area contributed by atoms with Gasteiger partial charge < -0.3 is 18.9 Å². The van der Waals surface area contributed by atoms with Gasteiger partial charge >= 0.3 is 0 Å². The minimum atomic E-state index is 0.0969. The Bertz CT molecular complexity index is 547. The predicted molar refractivity (Wildman–Crippen MR) is 80.5 cm³/mol. The fraction of sp³-hybridized carbons (Fsp3) is 0.500. The topological polar surface area (TPSA) is 84.5 Å². The van der Waals surface area contributed by atoms with Gasteiger partial charge in [0.25, 0.3) is 0 Å². The molecule has 0 N–H and O–H groups in total. The first-order valence-electron chi connectivity index (χ1n) is 7.25. The third kappa shape index (κ3) is 3.35. The molecule has 6 nitrogen and oxygen atoms in total. The summed E-state index contributed by atoms with van der Waals surface area (Å²) in [5.74, 6) is 1.03. The van der Waals surface area contributed by atoms with E-state index >= 15 is 0 Å². The van der Waals surface area contributed by atoms with Crippen molar-refractivity contribution >= 4 is 0 Å². The molecule has 0 amide bonds. The zero-order valence-electron chi connectivity index (χ0n) is 13.4. The van der Waals surface area contributed by atoms with Gasteiger partial charge in [-0.2, -0.15) is 10.5 Å². The van der Waals surface area contributed by atoms with Crippen LogP contribution in [0.2, 0.25) is 0 Å². The Hall–Kier alpha value is -2.60. The Morgan fingerprint density at radius 3 is 1.09 bits per heavy atom. The van der Waals surface area contributed by atoms with E-state index < -0.39 is 0 Å². The third-order valence-corrected chi connectivity index (χ3v) is 2.70. The van der Waals surface area contributed by atoms with Crippen LogP contribution in [0.25, 0.3) is 0 Å². The van der Waals surface area contributed by atoms with E-state index in [4.69, 9.17) is 18.9 Å². The minimum Gasteiger partial charge on any atom is -0.488 e. The Morgan fingerprint density at radius 1 is 0.591 bits per heavy atom. The molecule has 118 valence electrons. The van der Waals surface area contributed by atoms with Crippen LogP contribution in [-0.2, 0) is 0 Å². The number of benzene rings is 1. The van der Waals surface area contributed by atoms with Crippen LogP contribution < -0.4 is 18.9 Å². The van der Waals surface area contributed by atoms with E-state index in [1.165, 1.54) is 0 Å². The first-order valence-corrected chi connectivity index (χ1v) is 7.25. The van der Waals surface area contributed by atoms with Crippen molar-refractivity contribution in [3.8, 4) is 35.1 Å². The molecule has 0 bridgehead atoms. The summed E-state index contributed by atoms with van der Waals surface area (Å²) in [6.45, 7) is 8.61. The highest BCUT2D eigenvalue weighted by Crippen LogP contribution is 2.49. The van der Waals surface area contributed by atoms with E-state index in [1.807, 2.05) is 26.0 Å². The zero-order valence-corrected chi connectivity index (χ0v) is 13.4. The van der Waals surface area contributed by atoms with Crippen LogP contribution in [0.1, 0.15) is 38.8 Å². The summed E-state index contributed by atoms with van der Waals surface area (Å²) in [4.78, 5) is 0. The van der Waals surface area contributed by atoms with Gasteiger partial charge in [-0.25, -0.2) is 0 Å². The van der Waals surface area contributed by atoms with Gasteiger partial charge in [0, 0.05) is 0 Å². The van der Waals surface area contributed by atoms with Crippen molar-refractivity contribution in [2.24, 2.45) is 0 Å². The van der Waals surface area contributed by atoms with E-state index in [1.54, 1.807) is 13.8 Å². The lowest BCUT2D eigenvalue weighted by molar-refractivity contribution is 0.243. The van der Waals surface area contributed by atoms with E-state index in [0.29, 0.717) is 37.9 Å². The van der Waals surface area contributed by atoms with Crippen LogP contribution >= 0.6 is 0 Å². The van der Waals surface area contributed by atoms with Crippen LogP contribution in [0.4, 0.5) is 0 Å². The maximum Gasteiger partial charge on any atom is 0.209 e. The molecule has 0 unspecified atom stereocenters. The van der Waals surface area contributed by atoms with Crippen molar-refractivity contribution in [2.45, 2.75) is 27.7 Å². The van der Waals surface area contributed by atoms with Gasteiger partial charge in [-0.3, -0.25) is 0 Å². The van der Waals surface area contributed by atoms with E-state index in [2.05, 4.69) is 0 Å². The molecule has 22 heavy (non-hydrogen) atoms. The molecule has 0 aliphatic heterocycles. The molecule has 1 aromatic rings. The average molecular weight is 304 g/mol. The van der Waals surface area contributed by atoms with Crippen LogP contribution in [0.3, 0.4) is 0 Å². The van der Waals surface area contributed by atoms with Crippen LogP contribution in [0.5, 0.6) is 23.0 Å². The highest BCUT2D eigenvalue weighted by Gasteiger charge is 2.28. The molecule has 0 saturated heterocycles. The molecule has 1 rings (SSSR count). The number of nitrogens with zero attached hydrogens (tertiary/aromatic N) is 2. The van der Waals surface area contributed by atoms with Gasteiger partial charge in [-0.15, -0.1) is 0 Å². The summed E-state index contributed by atoms with van der Waals surface area (Å²) in [5, 5.41) is 18.9. The molecule has 0 fully saturated rings. The van der Waals surface area contributed by atoms with Gasteiger partial charge in [0.05, 0.1) is 26.4 Å². The summed E-state index contributed by atoms with van der Waals surface area (Å²) in [5.41, 5.74) is 0.194. The summed E-state index contributed by atoms with van der Waals surface area (Å²) in [7, 11) is 0. The molecule has 0 aliphatic carbocycles. The monoisotopic (exact) mass is 304 g/mol. The Morgan fingerprint density at radius 2 is 0.864 bits per heavy atom. The minimum absolute atomic E-state index is 0.0969. The van der Waals surface area contributed by atoms with Crippen LogP contribution in [0, 0.1) is 22.7 Å². The third-order valence-electron chi connectivity index (χ3n) is 2.70. The first kappa shape index (κ1) is 17.5. The molecule has 0 radical (unpaired) electrons. The quantitative estimate of drug-likeness (QED) is 0.734. The molecular weight excluding hydrogens is 284 g/mol. The normalized spacial score (nSPS) is 9.55. The smallest absolute Gasteiger partial charge is 0.209 e.